The first-order valence-electron chi connectivity index (χ1n) is 4.75. The van der Waals surface area contributed by atoms with Gasteiger partial charge in [-0.05, 0) is 36.6 Å². The van der Waals surface area contributed by atoms with Gasteiger partial charge in [0.2, 0.25) is 0 Å². The van der Waals surface area contributed by atoms with Gasteiger partial charge in [-0.3, -0.25) is 0 Å². The Morgan fingerprint density at radius 3 is 3.00 bits per heavy atom. The van der Waals surface area contributed by atoms with E-state index in [1.165, 1.54) is 5.56 Å². The fraction of sp³-hybridized carbons (Fsp3) is 0.364. The predicted molar refractivity (Wildman–Crippen MR) is 53.4 cm³/mol. The number of hydrogen-bond donors (Lipinski definition) is 2. The van der Waals surface area contributed by atoms with E-state index in [0.717, 1.165) is 18.5 Å². The maximum atomic E-state index is 10.7. The standard InChI is InChI=1S/C11H13NO2/c1-7-4-8-2-3-9(11(13)14)5-10(8)6-12-7/h2-3,5,7,12H,4,6H2,1H3,(H,13,14)/t7-/m1/s1. The molecule has 1 heterocycles. The van der Waals surface area contributed by atoms with Crippen molar-refractivity contribution in [3.8, 4) is 0 Å². The highest BCUT2D eigenvalue weighted by Gasteiger charge is 2.15. The van der Waals surface area contributed by atoms with Crippen molar-refractivity contribution in [2.75, 3.05) is 0 Å². The molecule has 0 unspecified atom stereocenters. The summed E-state index contributed by atoms with van der Waals surface area (Å²) in [4.78, 5) is 10.7. The Morgan fingerprint density at radius 2 is 2.29 bits per heavy atom. The molecule has 3 heteroatoms. The Balaban J connectivity index is 2.36. The highest BCUT2D eigenvalue weighted by Crippen LogP contribution is 2.18. The molecule has 1 aliphatic heterocycles. The molecule has 1 aromatic rings. The van der Waals surface area contributed by atoms with Crippen LogP contribution in [0.5, 0.6) is 0 Å². The zero-order chi connectivity index (χ0) is 10.1. The molecule has 2 N–H and O–H groups in total. The van der Waals surface area contributed by atoms with E-state index in [9.17, 15) is 4.79 Å². The van der Waals surface area contributed by atoms with Crippen LogP contribution in [-0.2, 0) is 13.0 Å². The molecule has 74 valence electrons. The van der Waals surface area contributed by atoms with Gasteiger partial charge in [-0.25, -0.2) is 4.79 Å². The fourth-order valence-electron chi connectivity index (χ4n) is 1.81. The summed E-state index contributed by atoms with van der Waals surface area (Å²) in [6.07, 6.45) is 0.981. The van der Waals surface area contributed by atoms with E-state index in [1.54, 1.807) is 12.1 Å². The second kappa shape index (κ2) is 3.42. The highest BCUT2D eigenvalue weighted by atomic mass is 16.4. The average Bonchev–Trinajstić information content (AvgIpc) is 2.16. The van der Waals surface area contributed by atoms with Gasteiger partial charge in [0.25, 0.3) is 0 Å². The second-order valence-electron chi connectivity index (χ2n) is 3.77. The van der Waals surface area contributed by atoms with Crippen molar-refractivity contribution >= 4 is 5.97 Å². The normalized spacial score (nSPS) is 20.2. The Bertz CT molecular complexity index is 374. The van der Waals surface area contributed by atoms with Crippen LogP contribution in [0.1, 0.15) is 28.4 Å². The summed E-state index contributed by atoms with van der Waals surface area (Å²) in [6, 6.07) is 5.85. The van der Waals surface area contributed by atoms with Crippen LogP contribution in [0.4, 0.5) is 0 Å². The van der Waals surface area contributed by atoms with Crippen molar-refractivity contribution < 1.29 is 9.90 Å². The summed E-state index contributed by atoms with van der Waals surface area (Å²) in [5, 5.41) is 12.1. The van der Waals surface area contributed by atoms with Crippen LogP contribution in [-0.4, -0.2) is 17.1 Å². The highest BCUT2D eigenvalue weighted by molar-refractivity contribution is 5.87. The van der Waals surface area contributed by atoms with E-state index in [2.05, 4.69) is 12.2 Å². The number of rotatable bonds is 1. The fourth-order valence-corrected chi connectivity index (χ4v) is 1.81. The van der Waals surface area contributed by atoms with Crippen LogP contribution in [0.25, 0.3) is 0 Å². The van der Waals surface area contributed by atoms with Crippen molar-refractivity contribution in [1.82, 2.24) is 5.32 Å². The molecule has 0 radical (unpaired) electrons. The summed E-state index contributed by atoms with van der Waals surface area (Å²) in [7, 11) is 0. The molecule has 1 aromatic carbocycles. The SMILES string of the molecule is C[C@@H]1Cc2ccc(C(=O)O)cc2CN1. The molecular formula is C11H13NO2. The number of carboxylic acid groups (broad SMARTS) is 1. The molecule has 1 aliphatic rings. The Morgan fingerprint density at radius 1 is 1.50 bits per heavy atom. The van der Waals surface area contributed by atoms with Crippen LogP contribution in [0.15, 0.2) is 18.2 Å². The molecule has 0 saturated heterocycles. The lowest BCUT2D eigenvalue weighted by atomic mass is 9.95. The van der Waals surface area contributed by atoms with Gasteiger partial charge >= 0.3 is 5.97 Å². The number of benzene rings is 1. The largest absolute Gasteiger partial charge is 0.478 e. The van der Waals surface area contributed by atoms with E-state index in [4.69, 9.17) is 5.11 Å². The summed E-state index contributed by atoms with van der Waals surface area (Å²) >= 11 is 0. The van der Waals surface area contributed by atoms with E-state index >= 15 is 0 Å². The van der Waals surface area contributed by atoms with Gasteiger partial charge in [-0.15, -0.1) is 0 Å². The molecule has 1 atom stereocenters. The van der Waals surface area contributed by atoms with Gasteiger partial charge < -0.3 is 10.4 Å². The Hall–Kier alpha value is -1.35. The topological polar surface area (TPSA) is 49.3 Å². The molecule has 0 fully saturated rings. The van der Waals surface area contributed by atoms with Gasteiger partial charge in [0.1, 0.15) is 0 Å². The molecule has 3 nitrogen and oxygen atoms in total. The molecular weight excluding hydrogens is 178 g/mol. The maximum Gasteiger partial charge on any atom is 0.335 e. The van der Waals surface area contributed by atoms with Gasteiger partial charge in [0.05, 0.1) is 5.56 Å². The molecule has 2 rings (SSSR count). The lowest BCUT2D eigenvalue weighted by Crippen LogP contribution is -2.32. The minimum absolute atomic E-state index is 0.375. The Kier molecular flexibility index (Phi) is 2.25. The van der Waals surface area contributed by atoms with Gasteiger partial charge in [0, 0.05) is 12.6 Å². The molecule has 0 spiro atoms. The molecule has 0 bridgehead atoms. The molecule has 0 amide bonds. The predicted octanol–water partition coefficient (Wildman–Crippen LogP) is 1.42. The first-order valence-corrected chi connectivity index (χ1v) is 4.75. The van der Waals surface area contributed by atoms with Crippen LogP contribution in [0.3, 0.4) is 0 Å². The number of fused-ring (bicyclic) bond motifs is 1. The Labute approximate surface area is 82.8 Å². The third kappa shape index (κ3) is 1.63. The molecule has 0 aliphatic carbocycles. The number of carboxylic acids is 1. The summed E-state index contributed by atoms with van der Waals surface area (Å²) in [5.74, 6) is -0.855. The first-order chi connectivity index (χ1) is 6.66. The van der Waals surface area contributed by atoms with E-state index in [1.807, 2.05) is 6.07 Å². The van der Waals surface area contributed by atoms with Gasteiger partial charge in [0.15, 0.2) is 0 Å². The number of nitrogens with one attached hydrogen (secondary N) is 1. The molecule has 0 saturated carbocycles. The minimum Gasteiger partial charge on any atom is -0.478 e. The van der Waals surface area contributed by atoms with Gasteiger partial charge in [-0.2, -0.15) is 0 Å². The minimum atomic E-state index is -0.855. The summed E-state index contributed by atoms with van der Waals surface area (Å²) < 4.78 is 0. The lowest BCUT2D eigenvalue weighted by Gasteiger charge is -2.23. The summed E-state index contributed by atoms with van der Waals surface area (Å²) in [6.45, 7) is 2.91. The summed E-state index contributed by atoms with van der Waals surface area (Å²) in [5.41, 5.74) is 2.75. The van der Waals surface area contributed by atoms with E-state index in [-0.39, 0.29) is 0 Å². The van der Waals surface area contributed by atoms with Crippen molar-refractivity contribution in [2.24, 2.45) is 0 Å². The number of aromatic carboxylic acids is 1. The van der Waals surface area contributed by atoms with Crippen molar-refractivity contribution in [3.05, 3.63) is 34.9 Å². The van der Waals surface area contributed by atoms with E-state index < -0.39 is 5.97 Å². The first kappa shape index (κ1) is 9.21. The van der Waals surface area contributed by atoms with Crippen LogP contribution < -0.4 is 5.32 Å². The zero-order valence-corrected chi connectivity index (χ0v) is 8.08. The molecule has 0 aromatic heterocycles. The number of hydrogen-bond acceptors (Lipinski definition) is 2. The third-order valence-electron chi connectivity index (χ3n) is 2.62. The quantitative estimate of drug-likeness (QED) is 0.705. The lowest BCUT2D eigenvalue weighted by molar-refractivity contribution is 0.0696. The third-order valence-corrected chi connectivity index (χ3v) is 2.62. The van der Waals surface area contributed by atoms with Crippen LogP contribution in [0.2, 0.25) is 0 Å². The average molecular weight is 191 g/mol. The monoisotopic (exact) mass is 191 g/mol. The smallest absolute Gasteiger partial charge is 0.335 e. The van der Waals surface area contributed by atoms with Gasteiger partial charge in [-0.1, -0.05) is 6.07 Å². The molecule has 14 heavy (non-hydrogen) atoms. The zero-order valence-electron chi connectivity index (χ0n) is 8.08. The van der Waals surface area contributed by atoms with Crippen molar-refractivity contribution in [1.29, 1.82) is 0 Å². The van der Waals surface area contributed by atoms with Crippen LogP contribution >= 0.6 is 0 Å². The second-order valence-corrected chi connectivity index (χ2v) is 3.77. The van der Waals surface area contributed by atoms with E-state index in [0.29, 0.717) is 11.6 Å². The van der Waals surface area contributed by atoms with Crippen molar-refractivity contribution in [2.45, 2.75) is 25.9 Å². The van der Waals surface area contributed by atoms with Crippen LogP contribution in [0, 0.1) is 0 Å². The maximum absolute atomic E-state index is 10.7. The number of carbonyl (C=O) groups is 1. The van der Waals surface area contributed by atoms with Crippen molar-refractivity contribution in [3.63, 3.8) is 0 Å².